The second kappa shape index (κ2) is 7.06. The number of rotatable bonds is 5. The zero-order valence-corrected chi connectivity index (χ0v) is 15.7. The Hall–Kier alpha value is -2.82. The monoisotopic (exact) mass is 394 g/mol. The largest absolute Gasteiger partial charge is 0.477 e. The summed E-state index contributed by atoms with van der Waals surface area (Å²) in [6.45, 7) is 2.77. The maximum atomic E-state index is 12.5. The summed E-state index contributed by atoms with van der Waals surface area (Å²) < 4.78 is 6.43. The molecule has 2 aliphatic heterocycles. The first-order valence-corrected chi connectivity index (χ1v) is 9.10. The van der Waals surface area contributed by atoms with Crippen LogP contribution in [-0.4, -0.2) is 67.3 Å². The third-order valence-electron chi connectivity index (χ3n) is 4.47. The number of β-lactam (4-membered cyclic amide) rings is 1. The number of amides is 2. The van der Waals surface area contributed by atoms with Gasteiger partial charge in [0.15, 0.2) is 0 Å². The lowest BCUT2D eigenvalue weighted by Crippen LogP contribution is -2.70. The fraction of sp³-hybridized carbons (Fsp3) is 0.438. The van der Waals surface area contributed by atoms with Crippen molar-refractivity contribution in [1.29, 1.82) is 0 Å². The molecule has 1 aromatic rings. The van der Waals surface area contributed by atoms with Gasteiger partial charge in [-0.15, -0.1) is 11.8 Å². The number of thioether (sulfide) groups is 1. The molecule has 0 spiro atoms. The molecule has 0 aromatic carbocycles. The average Bonchev–Trinajstić information content (AvgIpc) is 2.95. The normalized spacial score (nSPS) is 21.4. The number of carbonyl (C=O) groups excluding carboxylic acids is 3. The maximum Gasteiger partial charge on any atom is 0.352 e. The van der Waals surface area contributed by atoms with Gasteiger partial charge < -0.3 is 15.2 Å². The van der Waals surface area contributed by atoms with Gasteiger partial charge in [0.25, 0.3) is 11.8 Å². The molecular weight excluding hydrogens is 376 g/mol. The molecule has 3 rings (SSSR count). The van der Waals surface area contributed by atoms with Crippen LogP contribution in [0.15, 0.2) is 17.5 Å². The minimum absolute atomic E-state index is 0.187. The minimum atomic E-state index is -1.27. The molecule has 0 bridgehead atoms. The maximum absolute atomic E-state index is 12.5. The van der Waals surface area contributed by atoms with Gasteiger partial charge in [-0.3, -0.25) is 24.0 Å². The number of carboxylic acid groups (broad SMARTS) is 1. The third kappa shape index (κ3) is 3.29. The molecular formula is C16H18N4O6S. The number of fused-ring (bicyclic) bond motifs is 1. The SMILES string of the molecule is CC(=O)OCC1=C(C(=O)O)N2C(=O)[C@@H](NC(=O)c3cnn(C)c3C)[C@H]2SC1. The lowest BCUT2D eigenvalue weighted by Gasteiger charge is -2.49. The number of hydrogen-bond donors (Lipinski definition) is 2. The number of nitrogens with zero attached hydrogens (tertiary/aromatic N) is 3. The summed E-state index contributed by atoms with van der Waals surface area (Å²) in [4.78, 5) is 48.7. The van der Waals surface area contributed by atoms with E-state index in [9.17, 15) is 24.3 Å². The summed E-state index contributed by atoms with van der Waals surface area (Å²) in [7, 11) is 1.70. The van der Waals surface area contributed by atoms with E-state index in [0.717, 1.165) is 4.90 Å². The quantitative estimate of drug-likeness (QED) is 0.512. The van der Waals surface area contributed by atoms with Crippen LogP contribution in [0.3, 0.4) is 0 Å². The van der Waals surface area contributed by atoms with E-state index in [0.29, 0.717) is 16.8 Å². The van der Waals surface area contributed by atoms with Crippen molar-refractivity contribution in [2.45, 2.75) is 25.3 Å². The van der Waals surface area contributed by atoms with E-state index < -0.39 is 35.2 Å². The topological polar surface area (TPSA) is 131 Å². The molecule has 144 valence electrons. The Morgan fingerprint density at radius 2 is 2.15 bits per heavy atom. The van der Waals surface area contributed by atoms with Crippen LogP contribution in [0, 0.1) is 6.92 Å². The van der Waals surface area contributed by atoms with Crippen molar-refractivity contribution in [2.75, 3.05) is 12.4 Å². The van der Waals surface area contributed by atoms with E-state index in [-0.39, 0.29) is 18.1 Å². The van der Waals surface area contributed by atoms with Gasteiger partial charge in [-0.25, -0.2) is 4.79 Å². The van der Waals surface area contributed by atoms with Crippen LogP contribution in [0.1, 0.15) is 23.0 Å². The molecule has 3 heterocycles. The summed E-state index contributed by atoms with van der Waals surface area (Å²) >= 11 is 1.31. The highest BCUT2D eigenvalue weighted by Gasteiger charge is 2.54. The molecule has 2 N–H and O–H groups in total. The average molecular weight is 394 g/mol. The van der Waals surface area contributed by atoms with Gasteiger partial charge in [-0.2, -0.15) is 5.10 Å². The number of aryl methyl sites for hydroxylation is 1. The van der Waals surface area contributed by atoms with Crippen molar-refractivity contribution < 1.29 is 29.0 Å². The number of aromatic nitrogens is 2. The first-order chi connectivity index (χ1) is 12.7. The van der Waals surface area contributed by atoms with Gasteiger partial charge in [-0.05, 0) is 6.92 Å². The smallest absolute Gasteiger partial charge is 0.352 e. The van der Waals surface area contributed by atoms with Gasteiger partial charge in [0.1, 0.15) is 23.7 Å². The number of carboxylic acids is 1. The predicted octanol–water partition coefficient (Wildman–Crippen LogP) is -0.356. The van der Waals surface area contributed by atoms with Crippen LogP contribution in [0.5, 0.6) is 0 Å². The summed E-state index contributed by atoms with van der Waals surface area (Å²) in [5.41, 5.74) is 1.17. The fourth-order valence-corrected chi connectivity index (χ4v) is 4.25. The predicted molar refractivity (Wildman–Crippen MR) is 93.6 cm³/mol. The van der Waals surface area contributed by atoms with Gasteiger partial charge in [0, 0.05) is 31.0 Å². The minimum Gasteiger partial charge on any atom is -0.477 e. The van der Waals surface area contributed by atoms with Crippen LogP contribution in [-0.2, 0) is 26.2 Å². The van der Waals surface area contributed by atoms with Gasteiger partial charge in [0.2, 0.25) is 0 Å². The lowest BCUT2D eigenvalue weighted by molar-refractivity contribution is -0.149. The van der Waals surface area contributed by atoms with E-state index >= 15 is 0 Å². The van der Waals surface area contributed by atoms with Crippen LogP contribution in [0.4, 0.5) is 0 Å². The molecule has 10 nitrogen and oxygen atoms in total. The van der Waals surface area contributed by atoms with E-state index in [1.54, 1.807) is 18.7 Å². The van der Waals surface area contributed by atoms with Crippen LogP contribution < -0.4 is 5.32 Å². The van der Waals surface area contributed by atoms with E-state index in [1.807, 2.05) is 0 Å². The number of esters is 1. The highest BCUT2D eigenvalue weighted by molar-refractivity contribution is 8.00. The van der Waals surface area contributed by atoms with Crippen LogP contribution >= 0.6 is 11.8 Å². The van der Waals surface area contributed by atoms with Crippen molar-refractivity contribution in [3.63, 3.8) is 0 Å². The fourth-order valence-electron chi connectivity index (χ4n) is 2.92. The van der Waals surface area contributed by atoms with Crippen molar-refractivity contribution in [1.82, 2.24) is 20.0 Å². The number of hydrogen-bond acceptors (Lipinski definition) is 7. The van der Waals surface area contributed by atoms with Crippen LogP contribution in [0.2, 0.25) is 0 Å². The molecule has 1 fully saturated rings. The molecule has 0 unspecified atom stereocenters. The number of carbonyl (C=O) groups is 4. The van der Waals surface area contributed by atoms with Gasteiger partial charge in [0.05, 0.1) is 11.8 Å². The van der Waals surface area contributed by atoms with Crippen LogP contribution in [0.25, 0.3) is 0 Å². The molecule has 2 aliphatic rings. The summed E-state index contributed by atoms with van der Waals surface area (Å²) in [5.74, 6) is -2.48. The number of nitrogens with one attached hydrogen (secondary N) is 1. The van der Waals surface area contributed by atoms with Crippen molar-refractivity contribution >= 4 is 35.5 Å². The third-order valence-corrected chi connectivity index (χ3v) is 5.81. The Balaban J connectivity index is 1.77. The molecule has 1 aromatic heterocycles. The van der Waals surface area contributed by atoms with Crippen molar-refractivity contribution in [3.8, 4) is 0 Å². The molecule has 0 radical (unpaired) electrons. The highest BCUT2D eigenvalue weighted by atomic mass is 32.2. The van der Waals surface area contributed by atoms with Gasteiger partial charge in [-0.1, -0.05) is 0 Å². The zero-order chi connectivity index (χ0) is 19.9. The molecule has 1 saturated heterocycles. The molecule has 0 aliphatic carbocycles. The zero-order valence-electron chi connectivity index (χ0n) is 14.9. The van der Waals surface area contributed by atoms with Gasteiger partial charge >= 0.3 is 11.9 Å². The summed E-state index contributed by atoms with van der Waals surface area (Å²) in [6, 6.07) is -0.827. The number of ether oxygens (including phenoxy) is 1. The highest BCUT2D eigenvalue weighted by Crippen LogP contribution is 2.40. The Bertz CT molecular complexity index is 876. The van der Waals surface area contributed by atoms with E-state index in [1.165, 1.54) is 24.9 Å². The molecule has 0 saturated carbocycles. The molecule has 27 heavy (non-hydrogen) atoms. The van der Waals surface area contributed by atoms with Crippen molar-refractivity contribution in [3.05, 3.63) is 28.7 Å². The second-order valence-electron chi connectivity index (χ2n) is 6.17. The summed E-state index contributed by atoms with van der Waals surface area (Å²) in [5, 5.41) is 15.6. The number of aliphatic carboxylic acids is 1. The molecule has 2 atom stereocenters. The van der Waals surface area contributed by atoms with Crippen molar-refractivity contribution in [2.24, 2.45) is 7.05 Å². The van der Waals surface area contributed by atoms with E-state index in [4.69, 9.17) is 4.74 Å². The molecule has 11 heteroatoms. The lowest BCUT2D eigenvalue weighted by atomic mass is 10.0. The molecule has 2 amide bonds. The Morgan fingerprint density at radius 1 is 1.44 bits per heavy atom. The Kier molecular flexibility index (Phi) is 4.96. The Labute approximate surface area is 158 Å². The first kappa shape index (κ1) is 19.0. The standard InChI is InChI=1S/C16H18N4O6S/c1-7-10(4-17-19(7)3)13(22)18-11-14(23)20-12(16(24)25)9(5-26-8(2)21)6-27-15(11)20/h4,11,15H,5-6H2,1-3H3,(H,18,22)(H,24,25)/t11-,15-/m1/s1. The summed E-state index contributed by atoms with van der Waals surface area (Å²) in [6.07, 6.45) is 1.42. The Morgan fingerprint density at radius 3 is 2.70 bits per heavy atom. The van der Waals surface area contributed by atoms with E-state index in [2.05, 4.69) is 10.4 Å². The first-order valence-electron chi connectivity index (χ1n) is 8.05. The second-order valence-corrected chi connectivity index (χ2v) is 7.27.